The molecule has 0 spiro atoms. The molecule has 2 aromatic carbocycles. The van der Waals surface area contributed by atoms with Gasteiger partial charge in [-0.25, -0.2) is 4.39 Å². The molecule has 0 fully saturated rings. The summed E-state index contributed by atoms with van der Waals surface area (Å²) in [5.41, 5.74) is 7.74. The van der Waals surface area contributed by atoms with Crippen molar-refractivity contribution in [3.05, 3.63) is 65.1 Å². The van der Waals surface area contributed by atoms with Gasteiger partial charge in [-0.1, -0.05) is 35.9 Å². The Labute approximate surface area is 115 Å². The molecule has 0 aliphatic heterocycles. The number of benzene rings is 2. The first kappa shape index (κ1) is 12.1. The van der Waals surface area contributed by atoms with Crippen LogP contribution in [-0.4, -0.2) is 4.57 Å². The maximum atomic E-state index is 13.8. The third-order valence-electron chi connectivity index (χ3n) is 3.22. The van der Waals surface area contributed by atoms with Crippen LogP contribution in [0.25, 0.3) is 10.9 Å². The summed E-state index contributed by atoms with van der Waals surface area (Å²) in [6, 6.07) is 12.5. The van der Waals surface area contributed by atoms with Crippen LogP contribution in [0, 0.1) is 5.82 Å². The Morgan fingerprint density at radius 1 is 1.11 bits per heavy atom. The lowest BCUT2D eigenvalue weighted by Crippen LogP contribution is -2.04. The molecule has 0 radical (unpaired) electrons. The van der Waals surface area contributed by atoms with Crippen LogP contribution in [-0.2, 0) is 6.54 Å². The Morgan fingerprint density at radius 3 is 2.68 bits per heavy atom. The highest BCUT2D eigenvalue weighted by atomic mass is 35.5. The minimum Gasteiger partial charge on any atom is -0.398 e. The lowest BCUT2D eigenvalue weighted by Gasteiger charge is -2.09. The topological polar surface area (TPSA) is 30.9 Å². The van der Waals surface area contributed by atoms with Crippen molar-refractivity contribution in [3.63, 3.8) is 0 Å². The first-order valence-corrected chi connectivity index (χ1v) is 6.31. The van der Waals surface area contributed by atoms with Crippen molar-refractivity contribution < 1.29 is 4.39 Å². The number of para-hydroxylation sites is 1. The fourth-order valence-electron chi connectivity index (χ4n) is 2.25. The molecule has 1 heterocycles. The van der Waals surface area contributed by atoms with Gasteiger partial charge < -0.3 is 10.3 Å². The zero-order valence-corrected chi connectivity index (χ0v) is 10.9. The summed E-state index contributed by atoms with van der Waals surface area (Å²) in [6.45, 7) is 0.367. The average molecular weight is 275 g/mol. The standard InChI is InChI=1S/C15H12ClFN2/c16-12-9-19(15-7-2-1-4-10(12)15)8-11-13(17)5-3-6-14(11)18/h1-7,9H,8,18H2. The predicted molar refractivity (Wildman–Crippen MR) is 76.9 cm³/mol. The Kier molecular flexibility index (Phi) is 2.91. The average Bonchev–Trinajstić information content (AvgIpc) is 2.72. The van der Waals surface area contributed by atoms with Gasteiger partial charge in [-0.05, 0) is 18.2 Å². The largest absolute Gasteiger partial charge is 0.398 e. The van der Waals surface area contributed by atoms with Gasteiger partial charge in [0.2, 0.25) is 0 Å². The second-order valence-corrected chi connectivity index (χ2v) is 4.84. The van der Waals surface area contributed by atoms with Crippen LogP contribution in [0.3, 0.4) is 0 Å². The number of nitrogen functional groups attached to an aromatic ring is 1. The lowest BCUT2D eigenvalue weighted by atomic mass is 10.1. The molecule has 0 aliphatic rings. The van der Waals surface area contributed by atoms with Gasteiger partial charge in [-0.15, -0.1) is 0 Å². The number of hydrogen-bond acceptors (Lipinski definition) is 1. The Hall–Kier alpha value is -2.00. The van der Waals surface area contributed by atoms with Gasteiger partial charge in [0.05, 0.1) is 11.6 Å². The first-order chi connectivity index (χ1) is 9.16. The molecular formula is C15H12ClFN2. The summed E-state index contributed by atoms with van der Waals surface area (Å²) in [5, 5.41) is 1.62. The van der Waals surface area contributed by atoms with Crippen LogP contribution in [0.5, 0.6) is 0 Å². The van der Waals surface area contributed by atoms with Crippen LogP contribution in [0.1, 0.15) is 5.56 Å². The van der Waals surface area contributed by atoms with Crippen molar-refractivity contribution >= 4 is 28.2 Å². The maximum Gasteiger partial charge on any atom is 0.130 e. The van der Waals surface area contributed by atoms with Crippen LogP contribution in [0.4, 0.5) is 10.1 Å². The van der Waals surface area contributed by atoms with E-state index in [9.17, 15) is 4.39 Å². The van der Waals surface area contributed by atoms with E-state index < -0.39 is 0 Å². The SMILES string of the molecule is Nc1cccc(F)c1Cn1cc(Cl)c2ccccc21. The fourth-order valence-corrected chi connectivity index (χ4v) is 2.52. The third kappa shape index (κ3) is 2.06. The smallest absolute Gasteiger partial charge is 0.130 e. The molecular weight excluding hydrogens is 263 g/mol. The molecule has 0 amide bonds. The molecule has 2 N–H and O–H groups in total. The highest BCUT2D eigenvalue weighted by Gasteiger charge is 2.10. The van der Waals surface area contributed by atoms with E-state index in [0.717, 1.165) is 10.9 Å². The van der Waals surface area contributed by atoms with Crippen molar-refractivity contribution in [2.45, 2.75) is 6.54 Å². The van der Waals surface area contributed by atoms with Gasteiger partial charge in [0.25, 0.3) is 0 Å². The summed E-state index contributed by atoms with van der Waals surface area (Å²) >= 11 is 6.18. The van der Waals surface area contributed by atoms with E-state index >= 15 is 0 Å². The van der Waals surface area contributed by atoms with E-state index in [1.165, 1.54) is 6.07 Å². The molecule has 19 heavy (non-hydrogen) atoms. The van der Waals surface area contributed by atoms with E-state index in [0.29, 0.717) is 22.8 Å². The van der Waals surface area contributed by atoms with E-state index in [4.69, 9.17) is 17.3 Å². The van der Waals surface area contributed by atoms with Gasteiger partial charge in [0.15, 0.2) is 0 Å². The molecule has 3 aromatic rings. The summed E-state index contributed by atoms with van der Waals surface area (Å²) < 4.78 is 15.7. The monoisotopic (exact) mass is 274 g/mol. The van der Waals surface area contributed by atoms with Crippen molar-refractivity contribution in [3.8, 4) is 0 Å². The van der Waals surface area contributed by atoms with Crippen LogP contribution in [0.15, 0.2) is 48.7 Å². The zero-order valence-electron chi connectivity index (χ0n) is 10.1. The van der Waals surface area contributed by atoms with Crippen LogP contribution >= 0.6 is 11.6 Å². The molecule has 0 aliphatic carbocycles. The number of rotatable bonds is 2. The molecule has 4 heteroatoms. The summed E-state index contributed by atoms with van der Waals surface area (Å²) in [4.78, 5) is 0. The quantitative estimate of drug-likeness (QED) is 0.702. The highest BCUT2D eigenvalue weighted by molar-refractivity contribution is 6.35. The van der Waals surface area contributed by atoms with E-state index in [1.54, 1.807) is 18.3 Å². The summed E-state index contributed by atoms with van der Waals surface area (Å²) in [5.74, 6) is -0.297. The Balaban J connectivity index is 2.11. The molecule has 3 rings (SSSR count). The minimum absolute atomic E-state index is 0.297. The normalized spacial score (nSPS) is 11.1. The number of nitrogens with two attached hydrogens (primary N) is 1. The predicted octanol–water partition coefficient (Wildman–Crippen LogP) is 4.06. The van der Waals surface area contributed by atoms with Crippen LogP contribution < -0.4 is 5.73 Å². The lowest BCUT2D eigenvalue weighted by molar-refractivity contribution is 0.603. The van der Waals surface area contributed by atoms with E-state index in [1.807, 2.05) is 28.8 Å². The van der Waals surface area contributed by atoms with Crippen LogP contribution in [0.2, 0.25) is 5.02 Å². The molecule has 2 nitrogen and oxygen atoms in total. The van der Waals surface area contributed by atoms with E-state index in [2.05, 4.69) is 0 Å². The number of anilines is 1. The number of aromatic nitrogens is 1. The van der Waals surface area contributed by atoms with Crippen molar-refractivity contribution in [1.82, 2.24) is 4.57 Å². The molecule has 0 atom stereocenters. The van der Waals surface area contributed by atoms with Crippen molar-refractivity contribution in [2.75, 3.05) is 5.73 Å². The Morgan fingerprint density at radius 2 is 1.89 bits per heavy atom. The van der Waals surface area contributed by atoms with Gasteiger partial charge in [-0.3, -0.25) is 0 Å². The number of fused-ring (bicyclic) bond motifs is 1. The summed E-state index contributed by atoms with van der Waals surface area (Å²) in [6.07, 6.45) is 1.80. The zero-order chi connectivity index (χ0) is 13.4. The number of nitrogens with zero attached hydrogens (tertiary/aromatic N) is 1. The van der Waals surface area contributed by atoms with Gasteiger partial charge in [-0.2, -0.15) is 0 Å². The van der Waals surface area contributed by atoms with Crippen molar-refractivity contribution in [1.29, 1.82) is 0 Å². The van der Waals surface area contributed by atoms with Gasteiger partial charge in [0.1, 0.15) is 5.82 Å². The van der Waals surface area contributed by atoms with Gasteiger partial charge in [0, 0.05) is 28.4 Å². The molecule has 0 bridgehead atoms. The molecule has 0 saturated carbocycles. The minimum atomic E-state index is -0.297. The second-order valence-electron chi connectivity index (χ2n) is 4.43. The fraction of sp³-hybridized carbons (Fsp3) is 0.0667. The Bertz CT molecular complexity index is 729. The molecule has 96 valence electrons. The number of halogens is 2. The highest BCUT2D eigenvalue weighted by Crippen LogP contribution is 2.27. The van der Waals surface area contributed by atoms with E-state index in [-0.39, 0.29) is 5.82 Å². The second kappa shape index (κ2) is 4.59. The molecule has 0 saturated heterocycles. The maximum absolute atomic E-state index is 13.8. The number of hydrogen-bond donors (Lipinski definition) is 1. The van der Waals surface area contributed by atoms with Gasteiger partial charge >= 0.3 is 0 Å². The molecule has 0 unspecified atom stereocenters. The first-order valence-electron chi connectivity index (χ1n) is 5.93. The third-order valence-corrected chi connectivity index (χ3v) is 3.52. The summed E-state index contributed by atoms with van der Waals surface area (Å²) in [7, 11) is 0. The van der Waals surface area contributed by atoms with Crippen molar-refractivity contribution in [2.24, 2.45) is 0 Å². The molecule has 1 aromatic heterocycles.